The summed E-state index contributed by atoms with van der Waals surface area (Å²) in [7, 11) is 0. The van der Waals surface area contributed by atoms with E-state index < -0.39 is 0 Å². The van der Waals surface area contributed by atoms with Gasteiger partial charge < -0.3 is 4.90 Å². The summed E-state index contributed by atoms with van der Waals surface area (Å²) in [6.07, 6.45) is 4.42. The van der Waals surface area contributed by atoms with Crippen molar-refractivity contribution in [1.29, 1.82) is 0 Å². The van der Waals surface area contributed by atoms with Gasteiger partial charge in [-0.15, -0.1) is 10.2 Å². The molecule has 0 saturated carbocycles. The van der Waals surface area contributed by atoms with Crippen LogP contribution in [0, 0.1) is 0 Å². The fourth-order valence-corrected chi connectivity index (χ4v) is 2.94. The van der Waals surface area contributed by atoms with Crippen LogP contribution in [0.3, 0.4) is 0 Å². The summed E-state index contributed by atoms with van der Waals surface area (Å²) in [5, 5.41) is 8.54. The van der Waals surface area contributed by atoms with E-state index in [0.717, 1.165) is 32.0 Å². The zero-order chi connectivity index (χ0) is 16.1. The standard InChI is InChI=1S/C18H21ClN4/c1-15-14-23(18-10-9-17(19)20-21-18)13-12-22(15)11-5-8-16-6-3-2-4-7-16/h2-10,15H,11-14H2,1H3/b8-5+. The Kier molecular flexibility index (Phi) is 5.26. The molecule has 1 fully saturated rings. The highest BCUT2D eigenvalue weighted by Gasteiger charge is 2.23. The average molecular weight is 329 g/mol. The molecule has 0 radical (unpaired) electrons. The molecular formula is C18H21ClN4. The predicted molar refractivity (Wildman–Crippen MR) is 95.8 cm³/mol. The summed E-state index contributed by atoms with van der Waals surface area (Å²) in [5.41, 5.74) is 1.25. The largest absolute Gasteiger partial charge is 0.352 e. The Morgan fingerprint density at radius 1 is 1.13 bits per heavy atom. The van der Waals surface area contributed by atoms with Crippen molar-refractivity contribution in [3.63, 3.8) is 0 Å². The molecular weight excluding hydrogens is 308 g/mol. The van der Waals surface area contributed by atoms with Crippen molar-refractivity contribution < 1.29 is 0 Å². The Hall–Kier alpha value is -1.91. The van der Waals surface area contributed by atoms with Gasteiger partial charge in [0.1, 0.15) is 0 Å². The molecule has 3 rings (SSSR count). The van der Waals surface area contributed by atoms with E-state index in [4.69, 9.17) is 11.6 Å². The minimum Gasteiger partial charge on any atom is -0.352 e. The number of aromatic nitrogens is 2. The fraction of sp³-hybridized carbons (Fsp3) is 0.333. The smallest absolute Gasteiger partial charge is 0.151 e. The molecule has 1 aromatic carbocycles. The summed E-state index contributed by atoms with van der Waals surface area (Å²) in [5.74, 6) is 0.903. The monoisotopic (exact) mass is 328 g/mol. The summed E-state index contributed by atoms with van der Waals surface area (Å²) in [4.78, 5) is 4.75. The van der Waals surface area contributed by atoms with Crippen molar-refractivity contribution in [2.45, 2.75) is 13.0 Å². The third kappa shape index (κ3) is 4.30. The van der Waals surface area contributed by atoms with E-state index in [2.05, 4.69) is 63.3 Å². The van der Waals surface area contributed by atoms with Crippen LogP contribution in [0.25, 0.3) is 6.08 Å². The second kappa shape index (κ2) is 7.57. The van der Waals surface area contributed by atoms with Gasteiger partial charge >= 0.3 is 0 Å². The van der Waals surface area contributed by atoms with E-state index in [-0.39, 0.29) is 0 Å². The Morgan fingerprint density at radius 3 is 2.65 bits per heavy atom. The summed E-state index contributed by atoms with van der Waals surface area (Å²) < 4.78 is 0. The minimum atomic E-state index is 0.437. The van der Waals surface area contributed by atoms with Gasteiger partial charge in [0.25, 0.3) is 0 Å². The molecule has 1 aliphatic rings. The second-order valence-electron chi connectivity index (χ2n) is 5.82. The van der Waals surface area contributed by atoms with Crippen LogP contribution in [-0.2, 0) is 0 Å². The van der Waals surface area contributed by atoms with Gasteiger partial charge in [0.15, 0.2) is 11.0 Å². The zero-order valence-electron chi connectivity index (χ0n) is 13.3. The highest BCUT2D eigenvalue weighted by atomic mass is 35.5. The molecule has 1 atom stereocenters. The quantitative estimate of drug-likeness (QED) is 0.861. The molecule has 5 heteroatoms. The highest BCUT2D eigenvalue weighted by molar-refractivity contribution is 6.29. The number of piperazine rings is 1. The molecule has 23 heavy (non-hydrogen) atoms. The lowest BCUT2D eigenvalue weighted by molar-refractivity contribution is 0.209. The first-order valence-electron chi connectivity index (χ1n) is 7.92. The average Bonchev–Trinajstić information content (AvgIpc) is 2.58. The van der Waals surface area contributed by atoms with Crippen LogP contribution in [0.5, 0.6) is 0 Å². The van der Waals surface area contributed by atoms with E-state index in [1.165, 1.54) is 5.56 Å². The lowest BCUT2D eigenvalue weighted by atomic mass is 10.1. The Balaban J connectivity index is 1.54. The summed E-state index contributed by atoms with van der Waals surface area (Å²) >= 11 is 5.80. The van der Waals surface area contributed by atoms with Gasteiger partial charge in [-0.1, -0.05) is 54.1 Å². The van der Waals surface area contributed by atoms with E-state index in [1.807, 2.05) is 12.1 Å². The maximum atomic E-state index is 5.80. The SMILES string of the molecule is CC1CN(c2ccc(Cl)nn2)CCN1C/C=C/c1ccccc1. The van der Waals surface area contributed by atoms with Gasteiger partial charge in [0.2, 0.25) is 0 Å². The molecule has 0 amide bonds. The topological polar surface area (TPSA) is 32.3 Å². The van der Waals surface area contributed by atoms with Crippen molar-refractivity contribution in [2.24, 2.45) is 0 Å². The van der Waals surface area contributed by atoms with Crippen molar-refractivity contribution in [2.75, 3.05) is 31.1 Å². The highest BCUT2D eigenvalue weighted by Crippen LogP contribution is 2.17. The Labute approximate surface area is 142 Å². The molecule has 0 bridgehead atoms. The summed E-state index contributed by atoms with van der Waals surface area (Å²) in [6, 6.07) is 14.6. The van der Waals surface area contributed by atoms with Crippen LogP contribution < -0.4 is 4.90 Å². The van der Waals surface area contributed by atoms with Crippen LogP contribution in [0.2, 0.25) is 5.15 Å². The first kappa shape index (κ1) is 16.0. The Bertz CT molecular complexity index is 642. The lowest BCUT2D eigenvalue weighted by Crippen LogP contribution is -2.52. The first-order valence-corrected chi connectivity index (χ1v) is 8.30. The van der Waals surface area contributed by atoms with Crippen LogP contribution in [0.1, 0.15) is 12.5 Å². The molecule has 1 unspecified atom stereocenters. The summed E-state index contributed by atoms with van der Waals surface area (Å²) in [6.45, 7) is 6.15. The van der Waals surface area contributed by atoms with E-state index in [0.29, 0.717) is 11.2 Å². The minimum absolute atomic E-state index is 0.437. The third-order valence-electron chi connectivity index (χ3n) is 4.16. The first-order chi connectivity index (χ1) is 11.2. The number of hydrogen-bond donors (Lipinski definition) is 0. The molecule has 1 saturated heterocycles. The number of benzene rings is 1. The molecule has 0 aliphatic carbocycles. The molecule has 4 nitrogen and oxygen atoms in total. The molecule has 1 aliphatic heterocycles. The molecule has 2 aromatic rings. The van der Waals surface area contributed by atoms with Crippen LogP contribution in [0.4, 0.5) is 5.82 Å². The fourth-order valence-electron chi connectivity index (χ4n) is 2.84. The molecule has 120 valence electrons. The lowest BCUT2D eigenvalue weighted by Gasteiger charge is -2.39. The maximum Gasteiger partial charge on any atom is 0.151 e. The molecule has 0 spiro atoms. The molecule has 2 heterocycles. The van der Waals surface area contributed by atoms with E-state index in [1.54, 1.807) is 6.07 Å². The number of halogens is 1. The number of nitrogens with zero attached hydrogens (tertiary/aromatic N) is 4. The van der Waals surface area contributed by atoms with Gasteiger partial charge in [-0.05, 0) is 24.6 Å². The second-order valence-corrected chi connectivity index (χ2v) is 6.20. The molecule has 0 N–H and O–H groups in total. The maximum absolute atomic E-state index is 5.80. The number of anilines is 1. The van der Waals surface area contributed by atoms with Crippen LogP contribution >= 0.6 is 11.6 Å². The van der Waals surface area contributed by atoms with Crippen LogP contribution in [0.15, 0.2) is 48.5 Å². The number of rotatable bonds is 4. The van der Waals surface area contributed by atoms with Crippen molar-refractivity contribution in [3.8, 4) is 0 Å². The van der Waals surface area contributed by atoms with E-state index >= 15 is 0 Å². The van der Waals surface area contributed by atoms with Gasteiger partial charge in [0.05, 0.1) is 0 Å². The van der Waals surface area contributed by atoms with Crippen LogP contribution in [-0.4, -0.2) is 47.3 Å². The zero-order valence-corrected chi connectivity index (χ0v) is 14.0. The van der Waals surface area contributed by atoms with Crippen molar-refractivity contribution in [3.05, 3.63) is 59.3 Å². The van der Waals surface area contributed by atoms with Gasteiger partial charge in [0, 0.05) is 32.2 Å². The van der Waals surface area contributed by atoms with Crippen molar-refractivity contribution in [1.82, 2.24) is 15.1 Å². The predicted octanol–water partition coefficient (Wildman–Crippen LogP) is 3.35. The third-order valence-corrected chi connectivity index (χ3v) is 4.36. The number of hydrogen-bond acceptors (Lipinski definition) is 4. The Morgan fingerprint density at radius 2 is 1.96 bits per heavy atom. The van der Waals surface area contributed by atoms with E-state index in [9.17, 15) is 0 Å². The van der Waals surface area contributed by atoms with Crippen molar-refractivity contribution >= 4 is 23.5 Å². The van der Waals surface area contributed by atoms with Gasteiger partial charge in [-0.3, -0.25) is 4.90 Å². The molecule has 1 aromatic heterocycles. The van der Waals surface area contributed by atoms with Gasteiger partial charge in [-0.25, -0.2) is 0 Å². The normalized spacial score (nSPS) is 19.4. The van der Waals surface area contributed by atoms with Gasteiger partial charge in [-0.2, -0.15) is 0 Å².